The summed E-state index contributed by atoms with van der Waals surface area (Å²) in [7, 11) is 2.17. The molecule has 1 heterocycles. The van der Waals surface area contributed by atoms with Crippen molar-refractivity contribution in [2.45, 2.75) is 46.5 Å². The molecule has 35 heavy (non-hydrogen) atoms. The minimum atomic E-state index is 0.400. The second-order valence-corrected chi connectivity index (χ2v) is 10.2. The molecule has 0 N–H and O–H groups in total. The number of fused-ring (bicyclic) bond motifs is 1. The van der Waals surface area contributed by atoms with Gasteiger partial charge in [-0.15, -0.1) is 0 Å². The second kappa shape index (κ2) is 9.19. The van der Waals surface area contributed by atoms with E-state index in [1.54, 1.807) is 0 Å². The summed E-state index contributed by atoms with van der Waals surface area (Å²) < 4.78 is 4.78. The molecular weight excluding hydrogens is 424 g/mol. The predicted octanol–water partition coefficient (Wildman–Crippen LogP) is 8.34. The summed E-state index contributed by atoms with van der Waals surface area (Å²) in [5.41, 5.74) is 11.7. The first-order valence-corrected chi connectivity index (χ1v) is 12.7. The molecule has 0 radical (unpaired) electrons. The molecule has 0 fully saturated rings. The first-order valence-electron chi connectivity index (χ1n) is 12.7. The van der Waals surface area contributed by atoms with Crippen LogP contribution in [0.2, 0.25) is 0 Å². The van der Waals surface area contributed by atoms with E-state index in [1.807, 2.05) is 0 Å². The van der Waals surface area contributed by atoms with Crippen molar-refractivity contribution >= 4 is 11.0 Å². The fourth-order valence-corrected chi connectivity index (χ4v) is 5.19. The van der Waals surface area contributed by atoms with E-state index in [0.29, 0.717) is 11.8 Å². The Bertz CT molecular complexity index is 1460. The van der Waals surface area contributed by atoms with Crippen LogP contribution in [0.5, 0.6) is 0 Å². The van der Waals surface area contributed by atoms with Gasteiger partial charge in [0.15, 0.2) is 11.0 Å². The summed E-state index contributed by atoms with van der Waals surface area (Å²) >= 11 is 0. The summed E-state index contributed by atoms with van der Waals surface area (Å²) in [6.07, 6.45) is 0. The molecule has 2 heteroatoms. The van der Waals surface area contributed by atoms with Crippen molar-refractivity contribution in [2.24, 2.45) is 7.05 Å². The molecule has 176 valence electrons. The summed E-state index contributed by atoms with van der Waals surface area (Å²) in [5, 5.41) is 0. The maximum Gasteiger partial charge on any atom is 0.259 e. The Hall–Kier alpha value is -3.65. The number of aromatic nitrogens is 2. The molecule has 5 aromatic rings. The highest BCUT2D eigenvalue weighted by Crippen LogP contribution is 2.38. The smallest absolute Gasteiger partial charge is 0.230 e. The van der Waals surface area contributed by atoms with Crippen LogP contribution in [-0.4, -0.2) is 4.57 Å². The van der Waals surface area contributed by atoms with Gasteiger partial charge in [0.1, 0.15) is 5.69 Å². The van der Waals surface area contributed by atoms with Crippen molar-refractivity contribution in [2.75, 3.05) is 0 Å². The second-order valence-electron chi connectivity index (χ2n) is 10.2. The van der Waals surface area contributed by atoms with Gasteiger partial charge < -0.3 is 0 Å². The highest BCUT2D eigenvalue weighted by molar-refractivity contribution is 5.78. The van der Waals surface area contributed by atoms with E-state index in [9.17, 15) is 0 Å². The molecule has 0 bridgehead atoms. The van der Waals surface area contributed by atoms with Crippen molar-refractivity contribution in [1.29, 1.82) is 0 Å². The van der Waals surface area contributed by atoms with Gasteiger partial charge in [-0.3, -0.25) is 0 Å². The van der Waals surface area contributed by atoms with E-state index in [1.165, 1.54) is 55.9 Å². The highest BCUT2D eigenvalue weighted by Gasteiger charge is 2.27. The zero-order chi connectivity index (χ0) is 24.7. The van der Waals surface area contributed by atoms with E-state index in [-0.39, 0.29) is 0 Å². The molecule has 2 nitrogen and oxygen atoms in total. The standard InChI is InChI=1S/C33H35N2/c1-22(2)29-20-28(27-18-16-26(17-19-27)25-12-8-7-9-13-25)21-30(23(3)4)33(29)35-24(5)34(6)31-14-10-11-15-32(31)35/h7-23H,1-6H3/q+1. The topological polar surface area (TPSA) is 8.81 Å². The van der Waals surface area contributed by atoms with Crippen LogP contribution < -0.4 is 4.57 Å². The van der Waals surface area contributed by atoms with Crippen LogP contribution in [-0.2, 0) is 7.05 Å². The Kier molecular flexibility index (Phi) is 6.06. The summed E-state index contributed by atoms with van der Waals surface area (Å²) in [4.78, 5) is 0. The number of rotatable bonds is 5. The summed E-state index contributed by atoms with van der Waals surface area (Å²) in [5.74, 6) is 2.05. The van der Waals surface area contributed by atoms with Crippen LogP contribution in [0.25, 0.3) is 39.0 Å². The molecule has 0 aliphatic rings. The number of aryl methyl sites for hydroxylation is 1. The zero-order valence-electron chi connectivity index (χ0n) is 21.7. The van der Waals surface area contributed by atoms with Gasteiger partial charge >= 0.3 is 0 Å². The Labute approximate surface area is 209 Å². The number of hydrogen-bond acceptors (Lipinski definition) is 0. The lowest BCUT2D eigenvalue weighted by molar-refractivity contribution is -0.652. The largest absolute Gasteiger partial charge is 0.259 e. The number of nitrogens with zero attached hydrogens (tertiary/aromatic N) is 2. The summed E-state index contributed by atoms with van der Waals surface area (Å²) in [6.45, 7) is 11.5. The third kappa shape index (κ3) is 4.08. The first-order chi connectivity index (χ1) is 16.9. The van der Waals surface area contributed by atoms with Crippen molar-refractivity contribution in [3.8, 4) is 27.9 Å². The van der Waals surface area contributed by atoms with Gasteiger partial charge in [-0.2, -0.15) is 4.57 Å². The van der Waals surface area contributed by atoms with Gasteiger partial charge in [-0.25, -0.2) is 4.57 Å². The Balaban J connectivity index is 1.71. The minimum absolute atomic E-state index is 0.400. The molecule has 0 spiro atoms. The Morgan fingerprint density at radius 3 is 1.66 bits per heavy atom. The van der Waals surface area contributed by atoms with E-state index >= 15 is 0 Å². The van der Waals surface area contributed by atoms with Gasteiger partial charge in [0.05, 0.1) is 7.05 Å². The number of hydrogen-bond donors (Lipinski definition) is 0. The van der Waals surface area contributed by atoms with Gasteiger partial charge in [-0.05, 0) is 58.4 Å². The van der Waals surface area contributed by atoms with Crippen LogP contribution in [0.15, 0.2) is 91.0 Å². The SMILES string of the molecule is Cc1n(-c2c(C(C)C)cc(-c3ccc(-c4ccccc4)cc3)cc2C(C)C)c2ccccc2[n+]1C. The molecule has 0 unspecified atom stereocenters. The van der Waals surface area contributed by atoms with Crippen LogP contribution in [0.3, 0.4) is 0 Å². The maximum atomic E-state index is 2.47. The fraction of sp³-hybridized carbons (Fsp3) is 0.242. The minimum Gasteiger partial charge on any atom is -0.230 e. The number of para-hydroxylation sites is 2. The Morgan fingerprint density at radius 2 is 1.09 bits per heavy atom. The van der Waals surface area contributed by atoms with Gasteiger partial charge in [-0.1, -0.05) is 94.4 Å². The molecule has 4 aromatic carbocycles. The lowest BCUT2D eigenvalue weighted by Gasteiger charge is -2.20. The highest BCUT2D eigenvalue weighted by atomic mass is 15.2. The van der Waals surface area contributed by atoms with Crippen LogP contribution in [0, 0.1) is 6.92 Å². The summed E-state index contributed by atoms with van der Waals surface area (Å²) in [6, 6.07) is 33.2. The first kappa shape index (κ1) is 23.1. The normalized spacial score (nSPS) is 11.7. The maximum absolute atomic E-state index is 2.47. The fourth-order valence-electron chi connectivity index (χ4n) is 5.19. The predicted molar refractivity (Wildman–Crippen MR) is 148 cm³/mol. The van der Waals surface area contributed by atoms with Gasteiger partial charge in [0.2, 0.25) is 0 Å². The number of benzene rings is 4. The molecule has 0 aliphatic heterocycles. The molecule has 0 aliphatic carbocycles. The van der Waals surface area contributed by atoms with E-state index < -0.39 is 0 Å². The van der Waals surface area contributed by atoms with Crippen LogP contribution in [0.4, 0.5) is 0 Å². The van der Waals surface area contributed by atoms with Gasteiger partial charge in [0.25, 0.3) is 5.82 Å². The van der Waals surface area contributed by atoms with Crippen LogP contribution >= 0.6 is 0 Å². The zero-order valence-corrected chi connectivity index (χ0v) is 21.7. The molecule has 0 atom stereocenters. The third-order valence-electron chi connectivity index (χ3n) is 7.25. The van der Waals surface area contributed by atoms with Crippen LogP contribution in [0.1, 0.15) is 56.5 Å². The molecule has 0 saturated carbocycles. The van der Waals surface area contributed by atoms with Crippen molar-refractivity contribution in [3.05, 3.63) is 108 Å². The quantitative estimate of drug-likeness (QED) is 0.234. The lowest BCUT2D eigenvalue weighted by atomic mass is 9.88. The van der Waals surface area contributed by atoms with E-state index in [0.717, 1.165) is 0 Å². The third-order valence-corrected chi connectivity index (χ3v) is 7.25. The van der Waals surface area contributed by atoms with Gasteiger partial charge in [0, 0.05) is 18.1 Å². The number of imidazole rings is 1. The molecule has 5 rings (SSSR count). The Morgan fingerprint density at radius 1 is 0.600 bits per heavy atom. The average molecular weight is 460 g/mol. The monoisotopic (exact) mass is 459 g/mol. The average Bonchev–Trinajstić information content (AvgIpc) is 3.13. The van der Waals surface area contributed by atoms with Crippen molar-refractivity contribution in [3.63, 3.8) is 0 Å². The molecule has 0 saturated heterocycles. The van der Waals surface area contributed by atoms with Crippen molar-refractivity contribution in [1.82, 2.24) is 4.57 Å². The molecule has 0 amide bonds. The van der Waals surface area contributed by atoms with E-state index in [4.69, 9.17) is 0 Å². The lowest BCUT2D eigenvalue weighted by Crippen LogP contribution is -2.31. The van der Waals surface area contributed by atoms with Crippen molar-refractivity contribution < 1.29 is 4.57 Å². The van der Waals surface area contributed by atoms with E-state index in [2.05, 4.69) is 142 Å². The molecule has 1 aromatic heterocycles. The molecular formula is C33H35N2+.